The molecule has 0 nitrogen and oxygen atoms in total. The number of rotatable bonds is 7. The molecule has 4 aromatic rings. The number of halogens is 7. The van der Waals surface area contributed by atoms with Crippen LogP contribution < -0.4 is 0 Å². The van der Waals surface area contributed by atoms with Crippen LogP contribution in [-0.2, 0) is 19.3 Å². The summed E-state index contributed by atoms with van der Waals surface area (Å²) in [4.78, 5) is 0. The quantitative estimate of drug-likeness (QED) is 0.131. The van der Waals surface area contributed by atoms with Crippen LogP contribution in [0.25, 0.3) is 21.5 Å². The smallest absolute Gasteiger partial charge is 0.207 e. The Morgan fingerprint density at radius 3 is 1.89 bits per heavy atom. The predicted octanol–water partition coefficient (Wildman–Crippen LogP) is 8.98. The van der Waals surface area contributed by atoms with Crippen molar-refractivity contribution in [3.63, 3.8) is 0 Å². The first-order valence-electron chi connectivity index (χ1n) is 12.0. The molecule has 0 radical (unpaired) electrons. The third-order valence-corrected chi connectivity index (χ3v) is 6.34. The second-order valence-corrected chi connectivity index (χ2v) is 9.01. The first-order chi connectivity index (χ1) is 17.6. The van der Waals surface area contributed by atoms with E-state index in [1.54, 1.807) is 12.1 Å². The number of hydrogen-bond acceptors (Lipinski definition) is 0. The SMILES string of the molecule is CCCCCc1ccc2c(F)c(CCc3ccc4c(F)c(C#CC(F)(F)F)c(F)cc4c3)c(F)cc2c1. The molecule has 0 N–H and O–H groups in total. The zero-order valence-corrected chi connectivity index (χ0v) is 20.0. The lowest BCUT2D eigenvalue weighted by Gasteiger charge is -2.11. The van der Waals surface area contributed by atoms with Crippen molar-refractivity contribution in [2.45, 2.75) is 51.6 Å². The maximum atomic E-state index is 15.2. The number of alkyl halides is 3. The topological polar surface area (TPSA) is 0 Å². The molecule has 0 aliphatic heterocycles. The number of aryl methyl sites for hydroxylation is 2. The first kappa shape index (κ1) is 26.5. The number of fused-ring (bicyclic) bond motifs is 2. The van der Waals surface area contributed by atoms with Gasteiger partial charge in [0.2, 0.25) is 0 Å². The third kappa shape index (κ3) is 6.07. The van der Waals surface area contributed by atoms with Gasteiger partial charge in [-0.2, -0.15) is 13.2 Å². The molecule has 0 aliphatic rings. The molecule has 192 valence electrons. The fraction of sp³-hybridized carbons (Fsp3) is 0.267. The summed E-state index contributed by atoms with van der Waals surface area (Å²) in [6.07, 6.45) is -0.677. The second kappa shape index (κ2) is 10.8. The van der Waals surface area contributed by atoms with Gasteiger partial charge in [0.25, 0.3) is 0 Å². The van der Waals surface area contributed by atoms with Gasteiger partial charge in [0.1, 0.15) is 23.3 Å². The van der Waals surface area contributed by atoms with E-state index < -0.39 is 35.0 Å². The van der Waals surface area contributed by atoms with E-state index in [9.17, 15) is 26.3 Å². The van der Waals surface area contributed by atoms with Crippen LogP contribution in [0.2, 0.25) is 0 Å². The van der Waals surface area contributed by atoms with Crippen molar-refractivity contribution in [3.05, 3.63) is 94.1 Å². The lowest BCUT2D eigenvalue weighted by atomic mass is 9.96. The number of unbranched alkanes of at least 4 members (excludes halogenated alkanes) is 2. The van der Waals surface area contributed by atoms with Crippen molar-refractivity contribution in [1.82, 2.24) is 0 Å². The number of hydrogen-bond donors (Lipinski definition) is 0. The van der Waals surface area contributed by atoms with Gasteiger partial charge in [-0.3, -0.25) is 0 Å². The van der Waals surface area contributed by atoms with E-state index in [-0.39, 0.29) is 29.2 Å². The highest BCUT2D eigenvalue weighted by atomic mass is 19.4. The lowest BCUT2D eigenvalue weighted by molar-refractivity contribution is -0.0696. The van der Waals surface area contributed by atoms with Gasteiger partial charge in [0.15, 0.2) is 0 Å². The summed E-state index contributed by atoms with van der Waals surface area (Å²) in [5.41, 5.74) is 0.536. The number of benzene rings is 4. The summed E-state index contributed by atoms with van der Waals surface area (Å²) >= 11 is 0. The van der Waals surface area contributed by atoms with Crippen molar-refractivity contribution in [2.24, 2.45) is 0 Å². The Morgan fingerprint density at radius 2 is 1.27 bits per heavy atom. The van der Waals surface area contributed by atoms with Crippen molar-refractivity contribution >= 4 is 21.5 Å². The molecule has 0 saturated heterocycles. The van der Waals surface area contributed by atoms with Gasteiger partial charge < -0.3 is 0 Å². The van der Waals surface area contributed by atoms with Gasteiger partial charge in [-0.05, 0) is 59.7 Å². The minimum atomic E-state index is -4.89. The summed E-state index contributed by atoms with van der Waals surface area (Å²) in [5.74, 6) is -1.34. The zero-order valence-electron chi connectivity index (χ0n) is 20.0. The van der Waals surface area contributed by atoms with E-state index in [4.69, 9.17) is 0 Å². The van der Waals surface area contributed by atoms with Crippen molar-refractivity contribution in [2.75, 3.05) is 0 Å². The van der Waals surface area contributed by atoms with Gasteiger partial charge in [0, 0.05) is 22.3 Å². The minimum absolute atomic E-state index is 0.0114. The summed E-state index contributed by atoms with van der Waals surface area (Å²) in [6.45, 7) is 2.11. The van der Waals surface area contributed by atoms with E-state index >= 15 is 4.39 Å². The molecule has 0 unspecified atom stereocenters. The maximum absolute atomic E-state index is 15.2. The molecule has 0 heterocycles. The Kier molecular flexibility index (Phi) is 7.77. The van der Waals surface area contributed by atoms with Gasteiger partial charge in [-0.1, -0.05) is 62.1 Å². The van der Waals surface area contributed by atoms with Crippen molar-refractivity contribution < 1.29 is 30.7 Å². The van der Waals surface area contributed by atoms with Gasteiger partial charge in [-0.15, -0.1) is 0 Å². The fourth-order valence-corrected chi connectivity index (χ4v) is 4.44. The van der Waals surface area contributed by atoms with Crippen LogP contribution in [0.1, 0.15) is 48.4 Å². The minimum Gasteiger partial charge on any atom is -0.207 e. The van der Waals surface area contributed by atoms with Gasteiger partial charge >= 0.3 is 6.18 Å². The average Bonchev–Trinajstić information content (AvgIpc) is 2.83. The molecule has 0 spiro atoms. The third-order valence-electron chi connectivity index (χ3n) is 6.34. The Morgan fingerprint density at radius 1 is 0.676 bits per heavy atom. The average molecular weight is 517 g/mol. The Labute approximate surface area is 210 Å². The molecule has 7 heteroatoms. The molecule has 0 saturated carbocycles. The molecule has 0 amide bonds. The van der Waals surface area contributed by atoms with E-state index in [1.807, 2.05) is 6.07 Å². The van der Waals surface area contributed by atoms with Crippen LogP contribution in [-0.4, -0.2) is 6.18 Å². The molecule has 4 aromatic carbocycles. The van der Waals surface area contributed by atoms with E-state index in [0.29, 0.717) is 16.3 Å². The summed E-state index contributed by atoms with van der Waals surface area (Å²) in [5, 5.41) is 0.828. The van der Waals surface area contributed by atoms with Gasteiger partial charge in [-0.25, -0.2) is 17.6 Å². The Bertz CT molecular complexity index is 1520. The normalized spacial score (nSPS) is 11.7. The van der Waals surface area contributed by atoms with Crippen LogP contribution in [0.3, 0.4) is 0 Å². The van der Waals surface area contributed by atoms with Gasteiger partial charge in [0.05, 0.1) is 5.56 Å². The van der Waals surface area contributed by atoms with E-state index in [2.05, 4.69) is 6.92 Å². The molecule has 0 fully saturated rings. The largest absolute Gasteiger partial charge is 0.458 e. The highest BCUT2D eigenvalue weighted by Gasteiger charge is 2.24. The second-order valence-electron chi connectivity index (χ2n) is 9.01. The molecule has 0 bridgehead atoms. The van der Waals surface area contributed by atoms with Crippen molar-refractivity contribution in [1.29, 1.82) is 0 Å². The zero-order chi connectivity index (χ0) is 26.7. The molecule has 0 atom stereocenters. The highest BCUT2D eigenvalue weighted by molar-refractivity contribution is 5.86. The molecular weight excluding hydrogens is 493 g/mol. The molecule has 37 heavy (non-hydrogen) atoms. The van der Waals surface area contributed by atoms with E-state index in [0.717, 1.165) is 43.2 Å². The van der Waals surface area contributed by atoms with Crippen LogP contribution in [0, 0.1) is 35.1 Å². The monoisotopic (exact) mass is 516 g/mol. The molecule has 0 aliphatic carbocycles. The maximum Gasteiger partial charge on any atom is 0.458 e. The van der Waals surface area contributed by atoms with Crippen LogP contribution in [0.4, 0.5) is 30.7 Å². The summed E-state index contributed by atoms with van der Waals surface area (Å²) < 4.78 is 96.0. The first-order valence-corrected chi connectivity index (χ1v) is 12.0. The van der Waals surface area contributed by atoms with E-state index in [1.165, 1.54) is 30.2 Å². The predicted molar refractivity (Wildman–Crippen MR) is 131 cm³/mol. The Hall–Kier alpha value is -3.53. The molecule has 4 rings (SSSR count). The fourth-order valence-electron chi connectivity index (χ4n) is 4.44. The lowest BCUT2D eigenvalue weighted by Crippen LogP contribution is -2.03. The summed E-state index contributed by atoms with van der Waals surface area (Å²) in [7, 11) is 0. The highest BCUT2D eigenvalue weighted by Crippen LogP contribution is 2.29. The molecular formula is C30H23F7. The molecule has 0 aromatic heterocycles. The van der Waals surface area contributed by atoms with Crippen LogP contribution in [0.5, 0.6) is 0 Å². The Balaban J connectivity index is 1.58. The van der Waals surface area contributed by atoms with Crippen molar-refractivity contribution in [3.8, 4) is 11.8 Å². The standard InChI is InChI=1S/C30H23F7/c1-2-3-4-5-18-6-9-22-20(14-18)16-26(31)24(28(22)33)11-8-19-7-10-23-21(15-19)17-27(32)25(29(23)34)12-13-30(35,36)37/h6-7,9-10,14-17H,2-5,8,11H2,1H3. The summed E-state index contributed by atoms with van der Waals surface area (Å²) in [6, 6.07) is 11.8. The van der Waals surface area contributed by atoms with Crippen LogP contribution in [0.15, 0.2) is 48.5 Å². The van der Waals surface area contributed by atoms with Crippen LogP contribution >= 0.6 is 0 Å².